The Balaban J connectivity index is 1.83. The molecule has 136 valence electrons. The number of amides is 1. The molecule has 0 spiro atoms. The molecule has 3 atom stereocenters. The second-order valence-corrected chi connectivity index (χ2v) is 7.30. The highest BCUT2D eigenvalue weighted by atomic mass is 16.5. The highest BCUT2D eigenvalue weighted by Crippen LogP contribution is 2.52. The van der Waals surface area contributed by atoms with E-state index in [-0.39, 0.29) is 18.4 Å². The molecule has 1 aliphatic carbocycles. The second kappa shape index (κ2) is 6.33. The van der Waals surface area contributed by atoms with Gasteiger partial charge in [0, 0.05) is 24.0 Å². The van der Waals surface area contributed by atoms with Crippen molar-refractivity contribution in [1.82, 2.24) is 5.32 Å². The van der Waals surface area contributed by atoms with Crippen molar-refractivity contribution in [2.75, 3.05) is 13.2 Å². The van der Waals surface area contributed by atoms with Crippen LogP contribution in [-0.2, 0) is 14.3 Å². The van der Waals surface area contributed by atoms with E-state index in [1.54, 1.807) is 0 Å². The molecule has 1 saturated carbocycles. The molecule has 0 saturated heterocycles. The summed E-state index contributed by atoms with van der Waals surface area (Å²) < 4.78 is 11.2. The van der Waals surface area contributed by atoms with Crippen LogP contribution in [0.5, 0.6) is 5.75 Å². The maximum absolute atomic E-state index is 13.0. The van der Waals surface area contributed by atoms with Crippen molar-refractivity contribution in [2.24, 2.45) is 5.41 Å². The molecule has 3 rings (SSSR count). The number of carbonyl (C=O) groups excluding carboxylic acids is 1. The fraction of sp³-hybridized carbons (Fsp3) is 0.579. The summed E-state index contributed by atoms with van der Waals surface area (Å²) in [5.41, 5.74) is -1.18. The van der Waals surface area contributed by atoms with Gasteiger partial charge in [-0.25, -0.2) is 4.79 Å². The molecular weight excluding hydrogens is 322 g/mol. The Bertz CT molecular complexity index is 686. The molecule has 6 nitrogen and oxygen atoms in total. The number of carboxylic acids is 1. The fourth-order valence-electron chi connectivity index (χ4n) is 3.95. The molecule has 0 bridgehead atoms. The van der Waals surface area contributed by atoms with Gasteiger partial charge in [-0.2, -0.15) is 0 Å². The van der Waals surface area contributed by atoms with E-state index in [0.717, 1.165) is 5.56 Å². The number of fused-ring (bicyclic) bond motifs is 1. The first kappa shape index (κ1) is 17.7. The zero-order valence-corrected chi connectivity index (χ0v) is 14.9. The molecule has 1 amide bonds. The Morgan fingerprint density at radius 1 is 1.36 bits per heavy atom. The topological polar surface area (TPSA) is 84.9 Å². The molecule has 2 aliphatic rings. The summed E-state index contributed by atoms with van der Waals surface area (Å²) in [6.45, 7) is 6.52. The first-order chi connectivity index (χ1) is 11.8. The minimum atomic E-state index is -1.31. The lowest BCUT2D eigenvalue weighted by atomic mass is 9.54. The summed E-state index contributed by atoms with van der Waals surface area (Å²) in [5.74, 6) is -0.982. The molecule has 25 heavy (non-hydrogen) atoms. The van der Waals surface area contributed by atoms with Crippen LogP contribution in [0.4, 0.5) is 0 Å². The predicted molar refractivity (Wildman–Crippen MR) is 91.6 cm³/mol. The Hall–Kier alpha value is -2.08. The number of carbonyl (C=O) groups is 2. The molecular formula is C19H25NO5. The van der Waals surface area contributed by atoms with Crippen LogP contribution >= 0.6 is 0 Å². The van der Waals surface area contributed by atoms with Crippen molar-refractivity contribution in [3.05, 3.63) is 29.8 Å². The van der Waals surface area contributed by atoms with Crippen molar-refractivity contribution in [2.45, 2.75) is 51.2 Å². The molecule has 1 aliphatic heterocycles. The third kappa shape index (κ3) is 2.68. The van der Waals surface area contributed by atoms with Gasteiger partial charge in [0.15, 0.2) is 0 Å². The molecule has 1 aromatic carbocycles. The Morgan fingerprint density at radius 3 is 2.72 bits per heavy atom. The fourth-order valence-corrected chi connectivity index (χ4v) is 3.95. The Labute approximate surface area is 147 Å². The van der Waals surface area contributed by atoms with Gasteiger partial charge in [-0.15, -0.1) is 0 Å². The summed E-state index contributed by atoms with van der Waals surface area (Å²) in [4.78, 5) is 25.0. The maximum Gasteiger partial charge on any atom is 0.330 e. The largest absolute Gasteiger partial charge is 0.493 e. The standard InChI is InChI=1S/C19H25NO5/c1-4-24-15-11-19(17(22)23,18(15,2)3)20-16(21)13-9-10-25-14-8-6-5-7-12(13)14/h5-8,13,15H,4,9-11H2,1-3H3,(H,20,21)(H,22,23). The number of aliphatic carboxylic acids is 1. The van der Waals surface area contributed by atoms with Crippen molar-refractivity contribution < 1.29 is 24.2 Å². The molecule has 1 aromatic rings. The lowest BCUT2D eigenvalue weighted by Gasteiger charge is -2.58. The molecule has 2 N–H and O–H groups in total. The first-order valence-electron chi connectivity index (χ1n) is 8.72. The molecule has 1 heterocycles. The van der Waals surface area contributed by atoms with Crippen LogP contribution in [0.3, 0.4) is 0 Å². The average Bonchev–Trinajstić information content (AvgIpc) is 2.59. The third-order valence-electron chi connectivity index (χ3n) is 5.74. The first-order valence-corrected chi connectivity index (χ1v) is 8.72. The van der Waals surface area contributed by atoms with Crippen molar-refractivity contribution in [3.63, 3.8) is 0 Å². The van der Waals surface area contributed by atoms with Crippen LogP contribution in [0.1, 0.15) is 45.1 Å². The summed E-state index contributed by atoms with van der Waals surface area (Å²) in [7, 11) is 0. The van der Waals surface area contributed by atoms with Gasteiger partial charge in [0.2, 0.25) is 5.91 Å². The number of ether oxygens (including phenoxy) is 2. The lowest BCUT2D eigenvalue weighted by molar-refractivity contribution is -0.195. The van der Waals surface area contributed by atoms with Crippen molar-refractivity contribution >= 4 is 11.9 Å². The van der Waals surface area contributed by atoms with E-state index in [1.807, 2.05) is 45.0 Å². The Morgan fingerprint density at radius 2 is 2.08 bits per heavy atom. The number of carboxylic acid groups (broad SMARTS) is 1. The van der Waals surface area contributed by atoms with Gasteiger partial charge < -0.3 is 19.9 Å². The summed E-state index contributed by atoms with van der Waals surface area (Å²) in [6.07, 6.45) is 0.629. The minimum Gasteiger partial charge on any atom is -0.493 e. The maximum atomic E-state index is 13.0. The van der Waals surface area contributed by atoms with Gasteiger partial charge in [0.05, 0.1) is 18.6 Å². The van der Waals surface area contributed by atoms with E-state index >= 15 is 0 Å². The minimum absolute atomic E-state index is 0.184. The number of para-hydroxylation sites is 1. The number of benzene rings is 1. The predicted octanol–water partition coefficient (Wildman–Crippen LogP) is 2.33. The number of hydrogen-bond donors (Lipinski definition) is 2. The van der Waals surface area contributed by atoms with E-state index in [2.05, 4.69) is 5.32 Å². The summed E-state index contributed by atoms with van der Waals surface area (Å²) in [5, 5.41) is 12.7. The van der Waals surface area contributed by atoms with Crippen LogP contribution in [0.15, 0.2) is 24.3 Å². The second-order valence-electron chi connectivity index (χ2n) is 7.30. The SMILES string of the molecule is CCOC1CC(NC(=O)C2CCOc3ccccc32)(C(=O)O)C1(C)C. The molecule has 6 heteroatoms. The van der Waals surface area contributed by atoms with Crippen LogP contribution in [0.2, 0.25) is 0 Å². The third-order valence-corrected chi connectivity index (χ3v) is 5.74. The number of rotatable bonds is 5. The van der Waals surface area contributed by atoms with E-state index < -0.39 is 22.8 Å². The molecule has 3 unspecified atom stereocenters. The summed E-state index contributed by atoms with van der Waals surface area (Å²) >= 11 is 0. The molecule has 1 fully saturated rings. The van der Waals surface area contributed by atoms with Gasteiger partial charge >= 0.3 is 5.97 Å². The van der Waals surface area contributed by atoms with Crippen LogP contribution in [-0.4, -0.2) is 41.8 Å². The summed E-state index contributed by atoms with van der Waals surface area (Å²) in [6, 6.07) is 7.42. The zero-order valence-electron chi connectivity index (χ0n) is 14.9. The van der Waals surface area contributed by atoms with Crippen LogP contribution in [0, 0.1) is 5.41 Å². The molecule has 0 radical (unpaired) electrons. The zero-order chi connectivity index (χ0) is 18.2. The number of hydrogen-bond acceptors (Lipinski definition) is 4. The van der Waals surface area contributed by atoms with E-state index in [9.17, 15) is 14.7 Å². The highest BCUT2D eigenvalue weighted by Gasteiger charge is 2.66. The van der Waals surface area contributed by atoms with Gasteiger partial charge in [0.25, 0.3) is 0 Å². The van der Waals surface area contributed by atoms with Crippen molar-refractivity contribution in [3.8, 4) is 5.75 Å². The van der Waals surface area contributed by atoms with Crippen molar-refractivity contribution in [1.29, 1.82) is 0 Å². The lowest BCUT2D eigenvalue weighted by Crippen LogP contribution is -2.76. The number of nitrogens with one attached hydrogen (secondary N) is 1. The molecule has 0 aromatic heterocycles. The van der Waals surface area contributed by atoms with Gasteiger partial charge in [-0.3, -0.25) is 4.79 Å². The van der Waals surface area contributed by atoms with E-state index in [1.165, 1.54) is 0 Å². The smallest absolute Gasteiger partial charge is 0.330 e. The van der Waals surface area contributed by atoms with E-state index in [0.29, 0.717) is 25.4 Å². The highest BCUT2D eigenvalue weighted by molar-refractivity contribution is 5.92. The average molecular weight is 347 g/mol. The monoisotopic (exact) mass is 347 g/mol. The normalized spacial score (nSPS) is 29.7. The van der Waals surface area contributed by atoms with Gasteiger partial charge in [0.1, 0.15) is 11.3 Å². The van der Waals surface area contributed by atoms with Crippen LogP contribution < -0.4 is 10.1 Å². The van der Waals surface area contributed by atoms with Gasteiger partial charge in [-0.05, 0) is 19.4 Å². The Kier molecular flexibility index (Phi) is 4.49. The van der Waals surface area contributed by atoms with Gasteiger partial charge in [-0.1, -0.05) is 32.0 Å². The van der Waals surface area contributed by atoms with Crippen LogP contribution in [0.25, 0.3) is 0 Å². The van der Waals surface area contributed by atoms with E-state index in [4.69, 9.17) is 9.47 Å². The quantitative estimate of drug-likeness (QED) is 0.854.